The highest BCUT2D eigenvalue weighted by molar-refractivity contribution is 7.87. The second-order valence-corrected chi connectivity index (χ2v) is 6.60. The molecule has 0 aliphatic carbocycles. The van der Waals surface area contributed by atoms with E-state index in [0.29, 0.717) is 0 Å². The van der Waals surface area contributed by atoms with E-state index in [9.17, 15) is 21.6 Å². The third-order valence-corrected chi connectivity index (χ3v) is 4.55. The summed E-state index contributed by atoms with van der Waals surface area (Å²) in [5.41, 5.74) is 0. The fourth-order valence-electron chi connectivity index (χ4n) is 1.59. The number of ketones is 1. The first-order valence-electron chi connectivity index (χ1n) is 4.81. The molecule has 0 aromatic heterocycles. The maximum atomic E-state index is 11.7. The van der Waals surface area contributed by atoms with E-state index in [1.54, 1.807) is 0 Å². The highest BCUT2D eigenvalue weighted by Crippen LogP contribution is 2.22. The molecule has 0 aromatic rings. The first-order chi connectivity index (χ1) is 7.79. The molecule has 0 bridgehead atoms. The van der Waals surface area contributed by atoms with Gasteiger partial charge in [0, 0.05) is 6.42 Å². The lowest BCUT2D eigenvalue weighted by Gasteiger charge is -2.22. The SMILES string of the molecule is O=C(C1CCS(=O)(=O)O1)C1CCOS(=O)(=O)O1. The fraction of sp³-hybridized carbons (Fsp3) is 0.857. The molecule has 2 unspecified atom stereocenters. The Morgan fingerprint density at radius 3 is 2.18 bits per heavy atom. The predicted octanol–water partition coefficient (Wildman–Crippen LogP) is -1.28. The Labute approximate surface area is 98.3 Å². The topological polar surface area (TPSA) is 113 Å². The maximum absolute atomic E-state index is 11.7. The van der Waals surface area contributed by atoms with E-state index in [0.717, 1.165) is 0 Å². The van der Waals surface area contributed by atoms with Gasteiger partial charge in [-0.05, 0) is 6.42 Å². The lowest BCUT2D eigenvalue weighted by molar-refractivity contribution is -0.134. The van der Waals surface area contributed by atoms with Crippen molar-refractivity contribution in [3.8, 4) is 0 Å². The standard InChI is InChI=1S/C7H10O8S2/c8-7(6-2-4-16(9,10)14-6)5-1-3-13-17(11,12)15-5/h5-6H,1-4H2. The molecule has 8 nitrogen and oxygen atoms in total. The summed E-state index contributed by atoms with van der Waals surface area (Å²) in [5, 5.41) is 0. The maximum Gasteiger partial charge on any atom is 0.400 e. The molecule has 17 heavy (non-hydrogen) atoms. The second-order valence-electron chi connectivity index (χ2n) is 3.64. The minimum absolute atomic E-state index is 0.0158. The van der Waals surface area contributed by atoms with Crippen molar-refractivity contribution in [3.05, 3.63) is 0 Å². The number of hydrogen-bond donors (Lipinski definition) is 0. The minimum atomic E-state index is -4.16. The van der Waals surface area contributed by atoms with E-state index in [1.165, 1.54) is 0 Å². The zero-order chi connectivity index (χ0) is 12.7. The van der Waals surface area contributed by atoms with Crippen molar-refractivity contribution in [2.45, 2.75) is 25.0 Å². The van der Waals surface area contributed by atoms with Crippen LogP contribution >= 0.6 is 0 Å². The third kappa shape index (κ3) is 3.01. The molecule has 0 aromatic carbocycles. The van der Waals surface area contributed by atoms with Gasteiger partial charge in [-0.15, -0.1) is 0 Å². The van der Waals surface area contributed by atoms with Gasteiger partial charge < -0.3 is 0 Å². The molecule has 0 spiro atoms. The zero-order valence-corrected chi connectivity index (χ0v) is 10.2. The molecule has 0 N–H and O–H groups in total. The van der Waals surface area contributed by atoms with E-state index in [-0.39, 0.29) is 25.2 Å². The number of carbonyl (C=O) groups is 1. The molecule has 98 valence electrons. The number of carbonyl (C=O) groups excluding carboxylic acids is 1. The van der Waals surface area contributed by atoms with Crippen molar-refractivity contribution >= 4 is 26.3 Å². The Hall–Kier alpha value is -0.550. The van der Waals surface area contributed by atoms with Gasteiger partial charge in [0.05, 0.1) is 12.4 Å². The number of rotatable bonds is 2. The van der Waals surface area contributed by atoms with Gasteiger partial charge in [-0.2, -0.15) is 16.8 Å². The smallest absolute Gasteiger partial charge is 0.294 e. The van der Waals surface area contributed by atoms with Gasteiger partial charge in [0.15, 0.2) is 5.78 Å². The van der Waals surface area contributed by atoms with E-state index in [4.69, 9.17) is 0 Å². The summed E-state index contributed by atoms with van der Waals surface area (Å²) < 4.78 is 57.2. The van der Waals surface area contributed by atoms with Crippen LogP contribution < -0.4 is 0 Å². The first kappa shape index (κ1) is 12.9. The van der Waals surface area contributed by atoms with E-state index >= 15 is 0 Å². The van der Waals surface area contributed by atoms with Crippen LogP contribution in [0.2, 0.25) is 0 Å². The van der Waals surface area contributed by atoms with Crippen LogP contribution in [0.5, 0.6) is 0 Å². The molecule has 0 saturated carbocycles. The highest BCUT2D eigenvalue weighted by atomic mass is 32.3. The summed E-state index contributed by atoms with van der Waals surface area (Å²) in [7, 11) is -7.83. The summed E-state index contributed by atoms with van der Waals surface area (Å²) >= 11 is 0. The Morgan fingerprint density at radius 1 is 1.00 bits per heavy atom. The van der Waals surface area contributed by atoms with Crippen LogP contribution in [0.1, 0.15) is 12.8 Å². The summed E-state index contributed by atoms with van der Waals surface area (Å²) in [4.78, 5) is 11.7. The Morgan fingerprint density at radius 2 is 1.65 bits per heavy atom. The molecule has 2 saturated heterocycles. The van der Waals surface area contributed by atoms with E-state index in [1.807, 2.05) is 0 Å². The van der Waals surface area contributed by atoms with Crippen LogP contribution in [0.15, 0.2) is 0 Å². The Balaban J connectivity index is 2.06. The lowest BCUT2D eigenvalue weighted by atomic mass is 10.1. The predicted molar refractivity (Wildman–Crippen MR) is 52.6 cm³/mol. The number of Topliss-reactive ketones (excluding diaryl/α,β-unsaturated/α-hetero) is 1. The molecule has 2 aliphatic rings. The van der Waals surface area contributed by atoms with Crippen LogP contribution in [0.25, 0.3) is 0 Å². The largest absolute Gasteiger partial charge is 0.400 e. The van der Waals surface area contributed by atoms with Gasteiger partial charge in [0.1, 0.15) is 12.2 Å². The van der Waals surface area contributed by atoms with E-state index < -0.39 is 38.5 Å². The van der Waals surface area contributed by atoms with Crippen molar-refractivity contribution in [3.63, 3.8) is 0 Å². The average molecular weight is 286 g/mol. The molecule has 10 heteroatoms. The van der Waals surface area contributed by atoms with Crippen LogP contribution in [-0.2, 0) is 37.9 Å². The molecule has 2 heterocycles. The molecular formula is C7H10O8S2. The zero-order valence-electron chi connectivity index (χ0n) is 8.57. The second kappa shape index (κ2) is 4.28. The summed E-state index contributed by atoms with van der Waals surface area (Å²) in [6.45, 7) is -0.168. The molecule has 0 amide bonds. The normalized spacial score (nSPS) is 35.5. The first-order valence-corrected chi connectivity index (χ1v) is 7.72. The Kier molecular flexibility index (Phi) is 3.25. The van der Waals surface area contributed by atoms with Crippen molar-refractivity contribution in [1.82, 2.24) is 0 Å². The number of hydrogen-bond acceptors (Lipinski definition) is 8. The lowest BCUT2D eigenvalue weighted by Crippen LogP contribution is -2.40. The molecule has 2 fully saturated rings. The molecule has 2 atom stereocenters. The Bertz CT molecular complexity index is 518. The summed E-state index contributed by atoms with van der Waals surface area (Å²) in [6, 6.07) is 0. The van der Waals surface area contributed by atoms with Gasteiger partial charge in [-0.25, -0.2) is 8.37 Å². The van der Waals surface area contributed by atoms with Crippen molar-refractivity contribution < 1.29 is 34.2 Å². The van der Waals surface area contributed by atoms with Crippen molar-refractivity contribution in [2.24, 2.45) is 0 Å². The van der Waals surface area contributed by atoms with Crippen LogP contribution in [0.4, 0.5) is 0 Å². The van der Waals surface area contributed by atoms with Crippen molar-refractivity contribution in [1.29, 1.82) is 0 Å². The molecule has 0 radical (unpaired) electrons. The monoisotopic (exact) mass is 286 g/mol. The minimum Gasteiger partial charge on any atom is -0.294 e. The van der Waals surface area contributed by atoms with Gasteiger partial charge >= 0.3 is 10.4 Å². The van der Waals surface area contributed by atoms with Crippen LogP contribution in [0.3, 0.4) is 0 Å². The van der Waals surface area contributed by atoms with Crippen LogP contribution in [0, 0.1) is 0 Å². The van der Waals surface area contributed by atoms with Gasteiger partial charge in [0.25, 0.3) is 10.1 Å². The van der Waals surface area contributed by atoms with Crippen molar-refractivity contribution in [2.75, 3.05) is 12.4 Å². The fourth-order valence-corrected chi connectivity index (χ4v) is 3.56. The average Bonchev–Trinajstić information content (AvgIpc) is 2.56. The summed E-state index contributed by atoms with van der Waals surface area (Å²) in [5.74, 6) is -0.933. The summed E-state index contributed by atoms with van der Waals surface area (Å²) in [6.07, 6.45) is -2.31. The third-order valence-electron chi connectivity index (χ3n) is 2.37. The van der Waals surface area contributed by atoms with Gasteiger partial charge in [-0.1, -0.05) is 0 Å². The quantitative estimate of drug-likeness (QED) is 0.577. The highest BCUT2D eigenvalue weighted by Gasteiger charge is 2.41. The molecule has 2 rings (SSSR count). The van der Waals surface area contributed by atoms with E-state index in [2.05, 4.69) is 12.5 Å². The van der Waals surface area contributed by atoms with Gasteiger partial charge in [-0.3, -0.25) is 8.98 Å². The molecule has 2 aliphatic heterocycles. The van der Waals surface area contributed by atoms with Crippen LogP contribution in [-0.4, -0.2) is 47.2 Å². The van der Waals surface area contributed by atoms with Gasteiger partial charge in [0.2, 0.25) is 0 Å². The molecular weight excluding hydrogens is 276 g/mol.